The lowest BCUT2D eigenvalue weighted by atomic mass is 9.76. The third-order valence-electron chi connectivity index (χ3n) is 9.50. The van der Waals surface area contributed by atoms with E-state index in [-0.39, 0.29) is 42.1 Å². The molecule has 232 valence electrons. The van der Waals surface area contributed by atoms with Crippen LogP contribution in [0.4, 0.5) is 24.7 Å². The molecule has 6 rings (SSSR count). The Morgan fingerprint density at radius 3 is 2.58 bits per heavy atom. The van der Waals surface area contributed by atoms with Gasteiger partial charge in [0.15, 0.2) is 5.79 Å². The van der Waals surface area contributed by atoms with Gasteiger partial charge in [0.1, 0.15) is 29.7 Å². The summed E-state index contributed by atoms with van der Waals surface area (Å²) in [5.41, 5.74) is 12.3. The molecule has 2 aromatic heterocycles. The van der Waals surface area contributed by atoms with Crippen molar-refractivity contribution in [2.75, 3.05) is 25.1 Å². The zero-order valence-corrected chi connectivity index (χ0v) is 24.7. The van der Waals surface area contributed by atoms with Gasteiger partial charge in [-0.05, 0) is 76.3 Å². The van der Waals surface area contributed by atoms with E-state index in [1.165, 1.54) is 12.4 Å². The van der Waals surface area contributed by atoms with Crippen LogP contribution in [0.15, 0.2) is 36.8 Å². The fourth-order valence-corrected chi connectivity index (χ4v) is 7.18. The van der Waals surface area contributed by atoms with Gasteiger partial charge in [-0.25, -0.2) is 9.97 Å². The number of ketones is 1. The van der Waals surface area contributed by atoms with Crippen molar-refractivity contribution < 1.29 is 27.4 Å². The van der Waals surface area contributed by atoms with Crippen molar-refractivity contribution in [3.05, 3.63) is 47.9 Å². The summed E-state index contributed by atoms with van der Waals surface area (Å²) in [7, 11) is 2.15. The predicted octanol–water partition coefficient (Wildman–Crippen LogP) is 5.00. The Labute approximate surface area is 248 Å². The van der Waals surface area contributed by atoms with Gasteiger partial charge in [0.05, 0.1) is 23.1 Å². The van der Waals surface area contributed by atoms with E-state index in [2.05, 4.69) is 26.5 Å². The van der Waals surface area contributed by atoms with Crippen molar-refractivity contribution in [1.29, 1.82) is 0 Å². The van der Waals surface area contributed by atoms with E-state index in [1.807, 2.05) is 26.1 Å². The van der Waals surface area contributed by atoms with Gasteiger partial charge in [-0.2, -0.15) is 13.2 Å². The maximum absolute atomic E-state index is 12.9. The molecule has 43 heavy (non-hydrogen) atoms. The second-order valence-corrected chi connectivity index (χ2v) is 12.9. The minimum Gasteiger partial charge on any atom is -0.398 e. The zero-order valence-electron chi connectivity index (χ0n) is 24.7. The average Bonchev–Trinajstić information content (AvgIpc) is 3.55. The normalized spacial score (nSPS) is 28.3. The van der Waals surface area contributed by atoms with Gasteiger partial charge >= 0.3 is 6.18 Å². The van der Waals surface area contributed by atoms with E-state index in [0.717, 1.165) is 55.4 Å². The van der Waals surface area contributed by atoms with Crippen LogP contribution in [0.25, 0.3) is 11.0 Å². The zero-order chi connectivity index (χ0) is 30.7. The van der Waals surface area contributed by atoms with Crippen molar-refractivity contribution in [3.8, 4) is 0 Å². The van der Waals surface area contributed by atoms with E-state index < -0.39 is 17.5 Å². The number of benzene rings is 1. The molecule has 3 aliphatic rings. The SMILES string of the molecule is CN(C[C@H]1C[C@@H](n2ccc3c(N)ncnc32)[C@@H]2OC(C)(C)O[C@H]12)C1CC(CCC(=O)Cc2ccc(C(F)(F)F)cc2N)C1. The first-order valence-corrected chi connectivity index (χ1v) is 14.9. The molecule has 0 spiro atoms. The molecule has 1 aliphatic heterocycles. The molecule has 0 amide bonds. The lowest BCUT2D eigenvalue weighted by Crippen LogP contribution is -2.46. The number of nitrogens with two attached hydrogens (primary N) is 2. The van der Waals surface area contributed by atoms with Crippen molar-refractivity contribution >= 4 is 28.3 Å². The van der Waals surface area contributed by atoms with E-state index in [1.54, 1.807) is 0 Å². The third-order valence-corrected chi connectivity index (χ3v) is 9.50. The quantitative estimate of drug-likeness (QED) is 0.329. The van der Waals surface area contributed by atoms with E-state index in [0.29, 0.717) is 29.8 Å². The Kier molecular flexibility index (Phi) is 7.67. The molecule has 3 aromatic rings. The van der Waals surface area contributed by atoms with Crippen LogP contribution in [0.5, 0.6) is 0 Å². The van der Waals surface area contributed by atoms with Gasteiger partial charge in [0.25, 0.3) is 0 Å². The number of fused-ring (bicyclic) bond motifs is 2. The second kappa shape index (κ2) is 11.0. The number of anilines is 2. The number of ether oxygens (including phenoxy) is 2. The highest BCUT2D eigenvalue weighted by Gasteiger charge is 2.55. The molecule has 0 bridgehead atoms. The molecule has 1 saturated heterocycles. The summed E-state index contributed by atoms with van der Waals surface area (Å²) in [5, 5.41) is 0.833. The van der Waals surface area contributed by atoms with Gasteiger partial charge in [-0.15, -0.1) is 0 Å². The number of rotatable bonds is 9. The van der Waals surface area contributed by atoms with Crippen LogP contribution in [-0.2, 0) is 26.9 Å². The number of hydrogen-bond acceptors (Lipinski definition) is 8. The van der Waals surface area contributed by atoms with E-state index in [9.17, 15) is 18.0 Å². The highest BCUT2D eigenvalue weighted by molar-refractivity contribution is 5.86. The molecule has 9 nitrogen and oxygen atoms in total. The van der Waals surface area contributed by atoms with Crippen LogP contribution in [0.2, 0.25) is 0 Å². The number of nitrogen functional groups attached to an aromatic ring is 2. The number of halogens is 3. The summed E-state index contributed by atoms with van der Waals surface area (Å²) in [6, 6.07) is 5.64. The minimum absolute atomic E-state index is 0.00291. The number of Topliss-reactive ketones (excluding diaryl/α,β-unsaturated/α-hetero) is 1. The lowest BCUT2D eigenvalue weighted by Gasteiger charge is -2.42. The minimum atomic E-state index is -4.46. The molecule has 0 unspecified atom stereocenters. The number of hydrogen-bond donors (Lipinski definition) is 2. The van der Waals surface area contributed by atoms with Gasteiger partial charge in [0, 0.05) is 43.2 Å². The summed E-state index contributed by atoms with van der Waals surface area (Å²) in [4.78, 5) is 23.6. The van der Waals surface area contributed by atoms with Crippen LogP contribution in [-0.4, -0.2) is 62.8 Å². The molecule has 1 aromatic carbocycles. The number of carbonyl (C=O) groups excluding carboxylic acids is 1. The fourth-order valence-electron chi connectivity index (χ4n) is 7.18. The van der Waals surface area contributed by atoms with Crippen LogP contribution in [0.3, 0.4) is 0 Å². The Hall–Kier alpha value is -3.22. The van der Waals surface area contributed by atoms with Crippen molar-refractivity contribution in [1.82, 2.24) is 19.4 Å². The van der Waals surface area contributed by atoms with Crippen LogP contribution >= 0.6 is 0 Å². The molecule has 3 fully saturated rings. The molecule has 2 aliphatic carbocycles. The van der Waals surface area contributed by atoms with Gasteiger partial charge in [-0.3, -0.25) is 4.79 Å². The third kappa shape index (κ3) is 5.97. The smallest absolute Gasteiger partial charge is 0.398 e. The Balaban J connectivity index is 1.01. The van der Waals surface area contributed by atoms with Crippen molar-refractivity contribution in [2.45, 2.75) is 88.6 Å². The Bertz CT molecular complexity index is 1500. The maximum atomic E-state index is 12.9. The van der Waals surface area contributed by atoms with Crippen molar-refractivity contribution in [3.63, 3.8) is 0 Å². The maximum Gasteiger partial charge on any atom is 0.416 e. The van der Waals surface area contributed by atoms with Crippen molar-refractivity contribution in [2.24, 2.45) is 11.8 Å². The number of alkyl halides is 3. The first-order chi connectivity index (χ1) is 20.3. The monoisotopic (exact) mass is 600 g/mol. The summed E-state index contributed by atoms with van der Waals surface area (Å²) >= 11 is 0. The average molecular weight is 601 g/mol. The first kappa shape index (κ1) is 29.8. The fraction of sp³-hybridized carbons (Fsp3) is 0.581. The molecule has 4 N–H and O–H groups in total. The Morgan fingerprint density at radius 1 is 1.12 bits per heavy atom. The number of carbonyl (C=O) groups is 1. The summed E-state index contributed by atoms with van der Waals surface area (Å²) < 4.78 is 53.7. The highest BCUT2D eigenvalue weighted by Crippen LogP contribution is 2.48. The highest BCUT2D eigenvalue weighted by atomic mass is 19.4. The molecule has 12 heteroatoms. The molecule has 3 heterocycles. The molecule has 0 radical (unpaired) electrons. The van der Waals surface area contributed by atoms with E-state index >= 15 is 0 Å². The molecular weight excluding hydrogens is 561 g/mol. The predicted molar refractivity (Wildman–Crippen MR) is 156 cm³/mol. The first-order valence-electron chi connectivity index (χ1n) is 14.9. The second-order valence-electron chi connectivity index (χ2n) is 12.9. The molecular formula is C31H39F3N6O3. The van der Waals surface area contributed by atoms with Gasteiger partial charge < -0.3 is 30.4 Å². The lowest BCUT2D eigenvalue weighted by molar-refractivity contribution is -0.161. The Morgan fingerprint density at radius 2 is 1.86 bits per heavy atom. The molecule has 4 atom stereocenters. The van der Waals surface area contributed by atoms with Crippen LogP contribution < -0.4 is 11.5 Å². The molecule has 2 saturated carbocycles. The van der Waals surface area contributed by atoms with Gasteiger partial charge in [0.2, 0.25) is 0 Å². The van der Waals surface area contributed by atoms with Crippen LogP contribution in [0.1, 0.15) is 63.1 Å². The summed E-state index contributed by atoms with van der Waals surface area (Å²) in [5.74, 6) is 0.515. The van der Waals surface area contributed by atoms with Crippen LogP contribution in [0, 0.1) is 11.8 Å². The largest absolute Gasteiger partial charge is 0.416 e. The topological polar surface area (TPSA) is 122 Å². The summed E-state index contributed by atoms with van der Waals surface area (Å²) in [6.07, 6.45) is 3.06. The van der Waals surface area contributed by atoms with E-state index in [4.69, 9.17) is 20.9 Å². The van der Waals surface area contributed by atoms with Gasteiger partial charge in [-0.1, -0.05) is 6.07 Å². The summed E-state index contributed by atoms with van der Waals surface area (Å²) in [6.45, 7) is 4.79. The number of aromatic nitrogens is 3. The number of nitrogens with zero attached hydrogens (tertiary/aromatic N) is 4. The standard InChI is InChI=1S/C31H39F3N6O3/c1-30(2)42-26-19(13-25(27(26)43-30)40-9-8-23-28(36)37-16-38-29(23)40)15-39(3)21-10-17(11-21)4-7-22(41)12-18-5-6-20(14-24(18)35)31(32,33)34/h5-6,8-9,14,16-17,19,21,25-27H,4,7,10-13,15,35H2,1-3H3,(H2,36,37,38)/t17?,19-,21?,25-,26-,27+/m1/s1.